The molecule has 17 heavy (non-hydrogen) atoms. The molecule has 0 bridgehead atoms. The number of aromatic carboxylic acids is 1. The number of hydrogen-bond acceptors (Lipinski definition) is 2. The molecule has 1 aromatic carbocycles. The number of carboxylic acids is 1. The second kappa shape index (κ2) is 7.09. The average molecular weight is 255 g/mol. The van der Waals surface area contributed by atoms with E-state index in [0.717, 1.165) is 18.4 Å². The molecule has 0 atom stereocenters. The zero-order valence-corrected chi connectivity index (χ0v) is 10.2. The van der Waals surface area contributed by atoms with E-state index in [-0.39, 0.29) is 5.56 Å². The van der Waals surface area contributed by atoms with Crippen LogP contribution >= 0.6 is 11.6 Å². The van der Waals surface area contributed by atoms with Crippen molar-refractivity contribution in [2.45, 2.75) is 19.4 Å². The minimum atomic E-state index is -0.981. The third kappa shape index (κ3) is 4.59. The molecule has 0 fully saturated rings. The number of unbranched alkanes of at least 4 members (excludes halogenated alkanes) is 1. The fourth-order valence-electron chi connectivity index (χ4n) is 1.31. The molecule has 0 unspecified atom stereocenters. The first kappa shape index (κ1) is 13.7. The highest BCUT2D eigenvalue weighted by molar-refractivity contribution is 6.31. The molecule has 0 spiro atoms. The van der Waals surface area contributed by atoms with Gasteiger partial charge in [0.05, 0.1) is 12.2 Å². The Kier molecular flexibility index (Phi) is 5.73. The number of halogens is 1. The van der Waals surface area contributed by atoms with E-state index in [4.69, 9.17) is 21.4 Å². The third-order valence-electron chi connectivity index (χ3n) is 2.25. The van der Waals surface area contributed by atoms with Crippen LogP contribution in [-0.2, 0) is 11.3 Å². The predicted molar refractivity (Wildman–Crippen MR) is 67.5 cm³/mol. The van der Waals surface area contributed by atoms with Crippen molar-refractivity contribution in [1.82, 2.24) is 0 Å². The molecular formula is C13H15ClO3. The molecule has 0 amide bonds. The summed E-state index contributed by atoms with van der Waals surface area (Å²) in [5, 5.41) is 9.20. The van der Waals surface area contributed by atoms with Crippen LogP contribution < -0.4 is 0 Å². The molecule has 92 valence electrons. The Balaban J connectivity index is 2.49. The Bertz CT molecular complexity index is 402. The predicted octanol–water partition coefficient (Wildman–Crippen LogP) is 3.52. The number of rotatable bonds is 7. The smallest absolute Gasteiger partial charge is 0.335 e. The highest BCUT2D eigenvalue weighted by atomic mass is 35.5. The van der Waals surface area contributed by atoms with Gasteiger partial charge in [-0.3, -0.25) is 0 Å². The third-order valence-corrected chi connectivity index (χ3v) is 2.61. The molecular weight excluding hydrogens is 240 g/mol. The quantitative estimate of drug-likeness (QED) is 0.598. The van der Waals surface area contributed by atoms with Crippen LogP contribution in [0.25, 0.3) is 0 Å². The normalized spacial score (nSPS) is 10.2. The summed E-state index contributed by atoms with van der Waals surface area (Å²) in [6.45, 7) is 4.67. The van der Waals surface area contributed by atoms with Crippen LogP contribution in [0, 0.1) is 0 Å². The Morgan fingerprint density at radius 3 is 2.88 bits per heavy atom. The molecule has 0 aliphatic carbocycles. The topological polar surface area (TPSA) is 46.5 Å². The first-order valence-corrected chi connectivity index (χ1v) is 5.73. The van der Waals surface area contributed by atoms with Gasteiger partial charge in [-0.25, -0.2) is 4.79 Å². The van der Waals surface area contributed by atoms with Gasteiger partial charge in [0.2, 0.25) is 0 Å². The summed E-state index contributed by atoms with van der Waals surface area (Å²) in [6.07, 6.45) is 3.69. The van der Waals surface area contributed by atoms with Gasteiger partial charge in [0.1, 0.15) is 0 Å². The summed E-state index contributed by atoms with van der Waals surface area (Å²) in [6, 6.07) is 4.64. The number of hydrogen-bond donors (Lipinski definition) is 1. The Morgan fingerprint density at radius 1 is 1.53 bits per heavy atom. The maximum absolute atomic E-state index is 10.7. The maximum Gasteiger partial charge on any atom is 0.335 e. The summed E-state index contributed by atoms with van der Waals surface area (Å²) >= 11 is 5.95. The first-order valence-electron chi connectivity index (χ1n) is 5.35. The molecule has 4 heteroatoms. The van der Waals surface area contributed by atoms with Crippen LogP contribution in [0.15, 0.2) is 30.9 Å². The number of ether oxygens (including phenoxy) is 1. The van der Waals surface area contributed by atoms with E-state index in [9.17, 15) is 4.79 Å². The second-order valence-corrected chi connectivity index (χ2v) is 4.00. The van der Waals surface area contributed by atoms with Crippen molar-refractivity contribution in [3.8, 4) is 0 Å². The van der Waals surface area contributed by atoms with Crippen LogP contribution in [0.5, 0.6) is 0 Å². The van der Waals surface area contributed by atoms with E-state index in [0.29, 0.717) is 18.2 Å². The summed E-state index contributed by atoms with van der Waals surface area (Å²) in [7, 11) is 0. The van der Waals surface area contributed by atoms with Crippen molar-refractivity contribution in [1.29, 1.82) is 0 Å². The molecule has 0 saturated carbocycles. The monoisotopic (exact) mass is 254 g/mol. The summed E-state index contributed by atoms with van der Waals surface area (Å²) < 4.78 is 5.42. The van der Waals surface area contributed by atoms with Crippen LogP contribution in [0.3, 0.4) is 0 Å². The highest BCUT2D eigenvalue weighted by Crippen LogP contribution is 2.19. The minimum Gasteiger partial charge on any atom is -0.478 e. The van der Waals surface area contributed by atoms with Gasteiger partial charge >= 0.3 is 5.97 Å². The molecule has 0 aromatic heterocycles. The lowest BCUT2D eigenvalue weighted by atomic mass is 10.1. The van der Waals surface area contributed by atoms with Gasteiger partial charge in [-0.1, -0.05) is 23.7 Å². The van der Waals surface area contributed by atoms with Crippen molar-refractivity contribution in [3.63, 3.8) is 0 Å². The van der Waals surface area contributed by atoms with Gasteiger partial charge in [-0.2, -0.15) is 0 Å². The molecule has 1 N–H and O–H groups in total. The molecule has 3 nitrogen and oxygen atoms in total. The van der Waals surface area contributed by atoms with Gasteiger partial charge in [0.15, 0.2) is 0 Å². The van der Waals surface area contributed by atoms with Crippen molar-refractivity contribution >= 4 is 17.6 Å². The van der Waals surface area contributed by atoms with E-state index in [1.165, 1.54) is 12.1 Å². The maximum atomic E-state index is 10.7. The van der Waals surface area contributed by atoms with Gasteiger partial charge in [-0.05, 0) is 30.5 Å². The lowest BCUT2D eigenvalue weighted by Gasteiger charge is -2.06. The van der Waals surface area contributed by atoms with Crippen molar-refractivity contribution in [2.75, 3.05) is 6.61 Å². The largest absolute Gasteiger partial charge is 0.478 e. The van der Waals surface area contributed by atoms with Crippen LogP contribution in [0.4, 0.5) is 0 Å². The highest BCUT2D eigenvalue weighted by Gasteiger charge is 2.06. The van der Waals surface area contributed by atoms with E-state index in [2.05, 4.69) is 6.58 Å². The molecule has 1 aromatic rings. The van der Waals surface area contributed by atoms with Gasteiger partial charge < -0.3 is 9.84 Å². The molecule has 0 aliphatic heterocycles. The van der Waals surface area contributed by atoms with Crippen LogP contribution in [0.1, 0.15) is 28.8 Å². The molecule has 0 radical (unpaired) electrons. The average Bonchev–Trinajstić information content (AvgIpc) is 2.30. The van der Waals surface area contributed by atoms with Crippen molar-refractivity contribution in [3.05, 3.63) is 47.0 Å². The number of allylic oxidation sites excluding steroid dienone is 1. The van der Waals surface area contributed by atoms with Gasteiger partial charge in [-0.15, -0.1) is 6.58 Å². The SMILES string of the molecule is C=CCCCOCc1ccc(C(=O)O)cc1Cl. The van der Waals surface area contributed by atoms with Crippen LogP contribution in [-0.4, -0.2) is 17.7 Å². The minimum absolute atomic E-state index is 0.186. The number of benzene rings is 1. The zero-order valence-electron chi connectivity index (χ0n) is 9.49. The zero-order chi connectivity index (χ0) is 12.7. The molecule has 0 heterocycles. The molecule has 0 saturated heterocycles. The first-order chi connectivity index (χ1) is 8.15. The summed E-state index contributed by atoms with van der Waals surface area (Å²) in [4.78, 5) is 10.7. The Morgan fingerprint density at radius 2 is 2.29 bits per heavy atom. The lowest BCUT2D eigenvalue weighted by molar-refractivity contribution is 0.0696. The number of carboxylic acid groups (broad SMARTS) is 1. The van der Waals surface area contributed by atoms with E-state index in [1.807, 2.05) is 6.08 Å². The van der Waals surface area contributed by atoms with Crippen molar-refractivity contribution < 1.29 is 14.6 Å². The Hall–Kier alpha value is -1.32. The van der Waals surface area contributed by atoms with E-state index >= 15 is 0 Å². The van der Waals surface area contributed by atoms with Gasteiger partial charge in [0.25, 0.3) is 0 Å². The van der Waals surface area contributed by atoms with Gasteiger partial charge in [0, 0.05) is 11.6 Å². The van der Waals surface area contributed by atoms with E-state index < -0.39 is 5.97 Å². The fraction of sp³-hybridized carbons (Fsp3) is 0.308. The van der Waals surface area contributed by atoms with Crippen LogP contribution in [0.2, 0.25) is 5.02 Å². The molecule has 1 rings (SSSR count). The number of carbonyl (C=O) groups is 1. The lowest BCUT2D eigenvalue weighted by Crippen LogP contribution is -1.99. The Labute approximate surface area is 106 Å². The molecule has 0 aliphatic rings. The second-order valence-electron chi connectivity index (χ2n) is 3.59. The standard InChI is InChI=1S/C13H15ClO3/c1-2-3-4-7-17-9-11-6-5-10(13(15)16)8-12(11)14/h2,5-6,8H,1,3-4,7,9H2,(H,15,16). The van der Waals surface area contributed by atoms with E-state index in [1.54, 1.807) is 6.07 Å². The summed E-state index contributed by atoms with van der Waals surface area (Å²) in [5.41, 5.74) is 0.987. The fourth-order valence-corrected chi connectivity index (χ4v) is 1.54. The summed E-state index contributed by atoms with van der Waals surface area (Å²) in [5.74, 6) is -0.981. The van der Waals surface area contributed by atoms with Crippen molar-refractivity contribution in [2.24, 2.45) is 0 Å².